The van der Waals surface area contributed by atoms with Gasteiger partial charge in [-0.15, -0.1) is 0 Å². The zero-order chi connectivity index (χ0) is 19.1. The summed E-state index contributed by atoms with van der Waals surface area (Å²) < 4.78 is 15.7. The highest BCUT2D eigenvalue weighted by Gasteiger charge is 2.15. The lowest BCUT2D eigenvalue weighted by Crippen LogP contribution is -2.17. The molecule has 0 fully saturated rings. The molecular weight excluding hydrogens is 343 g/mol. The molecule has 4 aromatic rings. The van der Waals surface area contributed by atoms with Crippen molar-refractivity contribution in [1.82, 2.24) is 19.7 Å². The van der Waals surface area contributed by atoms with Crippen molar-refractivity contribution in [3.8, 4) is 16.9 Å². The van der Waals surface area contributed by atoms with E-state index in [-0.39, 0.29) is 5.69 Å². The smallest absolute Gasteiger partial charge is 0.295 e. The Balaban J connectivity index is 2.03. The second kappa shape index (κ2) is 6.32. The van der Waals surface area contributed by atoms with Crippen LogP contribution in [0.2, 0.25) is 0 Å². The van der Waals surface area contributed by atoms with Crippen LogP contribution in [0.3, 0.4) is 0 Å². The van der Waals surface area contributed by atoms with E-state index in [2.05, 4.69) is 21.6 Å². The maximum atomic E-state index is 14.7. The highest BCUT2D eigenvalue weighted by atomic mass is 19.1. The Bertz CT molecular complexity index is 1250. The molecule has 2 aromatic heterocycles. The van der Waals surface area contributed by atoms with Crippen molar-refractivity contribution in [1.29, 1.82) is 0 Å². The van der Waals surface area contributed by atoms with E-state index in [0.29, 0.717) is 10.9 Å². The number of aryl methyl sites for hydroxylation is 1. The van der Waals surface area contributed by atoms with Crippen molar-refractivity contribution in [2.24, 2.45) is 0 Å². The van der Waals surface area contributed by atoms with Gasteiger partial charge in [0.05, 0.1) is 11.2 Å². The molecule has 0 atom stereocenters. The molecule has 2 heterocycles. The first-order valence-corrected chi connectivity index (χ1v) is 8.45. The van der Waals surface area contributed by atoms with E-state index < -0.39 is 11.5 Å². The summed E-state index contributed by atoms with van der Waals surface area (Å²) >= 11 is 0. The van der Waals surface area contributed by atoms with Crippen LogP contribution in [0.5, 0.6) is 0 Å². The van der Waals surface area contributed by atoms with Gasteiger partial charge in [-0.3, -0.25) is 4.98 Å². The third-order valence-electron chi connectivity index (χ3n) is 4.54. The molecule has 27 heavy (non-hydrogen) atoms. The number of halogens is 1. The lowest BCUT2D eigenvalue weighted by atomic mass is 9.98. The van der Waals surface area contributed by atoms with Gasteiger partial charge in [-0.1, -0.05) is 36.4 Å². The number of aromatic amines is 1. The molecule has 0 unspecified atom stereocenters. The first kappa shape index (κ1) is 16.9. The Morgan fingerprint density at radius 1 is 1.22 bits per heavy atom. The Hall–Kier alpha value is -3.54. The summed E-state index contributed by atoms with van der Waals surface area (Å²) in [5, 5.41) is 4.58. The third-order valence-corrected chi connectivity index (χ3v) is 4.54. The number of H-pyrrole nitrogens is 1. The SMILES string of the molecule is C=C(C)c1cc(-c2ccccc2C)nc2cc(F)c(-n3nc[nH]c3=O)cc12. The lowest BCUT2D eigenvalue weighted by Gasteiger charge is -2.13. The standard InChI is InChI=1S/C21H17FN4O/c1-12(2)15-8-18(14-7-5-4-6-13(14)3)25-19-10-17(22)20(9-16(15)19)26-21(27)23-11-24-26/h4-11H,1H2,2-3H3,(H,23,24,27). The number of pyridine rings is 1. The molecule has 0 aliphatic carbocycles. The first-order valence-electron chi connectivity index (χ1n) is 8.45. The van der Waals surface area contributed by atoms with Gasteiger partial charge in [0.15, 0.2) is 5.82 Å². The minimum atomic E-state index is -0.571. The van der Waals surface area contributed by atoms with E-state index in [9.17, 15) is 9.18 Å². The van der Waals surface area contributed by atoms with Gasteiger partial charge in [0.25, 0.3) is 0 Å². The maximum Gasteiger partial charge on any atom is 0.347 e. The largest absolute Gasteiger partial charge is 0.347 e. The van der Waals surface area contributed by atoms with Crippen LogP contribution in [0.25, 0.3) is 33.4 Å². The minimum absolute atomic E-state index is 0.0710. The number of rotatable bonds is 3. The number of nitrogens with one attached hydrogen (secondary N) is 1. The van der Waals surface area contributed by atoms with Crippen LogP contribution in [-0.2, 0) is 0 Å². The van der Waals surface area contributed by atoms with Gasteiger partial charge < -0.3 is 0 Å². The van der Waals surface area contributed by atoms with Crippen LogP contribution in [0.15, 0.2) is 60.2 Å². The number of aromatic nitrogens is 4. The summed E-state index contributed by atoms with van der Waals surface area (Å²) in [7, 11) is 0. The van der Waals surface area contributed by atoms with Crippen molar-refractivity contribution in [2.45, 2.75) is 13.8 Å². The van der Waals surface area contributed by atoms with Crippen molar-refractivity contribution in [3.63, 3.8) is 0 Å². The molecular formula is C21H17FN4O. The Morgan fingerprint density at radius 2 is 2.00 bits per heavy atom. The van der Waals surface area contributed by atoms with Crippen molar-refractivity contribution in [3.05, 3.63) is 82.8 Å². The Labute approximate surface area is 154 Å². The molecule has 0 spiro atoms. The van der Waals surface area contributed by atoms with E-state index in [1.54, 1.807) is 6.07 Å². The molecule has 4 rings (SSSR count). The fourth-order valence-corrected chi connectivity index (χ4v) is 3.18. The minimum Gasteiger partial charge on any atom is -0.295 e. The molecule has 0 amide bonds. The summed E-state index contributed by atoms with van der Waals surface area (Å²) in [5.74, 6) is -0.571. The van der Waals surface area contributed by atoms with Crippen molar-refractivity contribution >= 4 is 16.5 Å². The predicted octanol–water partition coefficient (Wildman–Crippen LogP) is 4.26. The highest BCUT2D eigenvalue weighted by Crippen LogP contribution is 2.31. The molecule has 0 aliphatic heterocycles. The Kier molecular flexibility index (Phi) is 3.96. The normalized spacial score (nSPS) is 11.1. The van der Waals surface area contributed by atoms with Gasteiger partial charge in [-0.25, -0.2) is 14.2 Å². The summed E-state index contributed by atoms with van der Waals surface area (Å²) in [4.78, 5) is 18.9. The van der Waals surface area contributed by atoms with Gasteiger partial charge >= 0.3 is 5.69 Å². The molecule has 5 nitrogen and oxygen atoms in total. The lowest BCUT2D eigenvalue weighted by molar-refractivity contribution is 0.609. The number of hydrogen-bond acceptors (Lipinski definition) is 3. The maximum absolute atomic E-state index is 14.7. The average molecular weight is 360 g/mol. The summed E-state index contributed by atoms with van der Waals surface area (Å²) in [6.45, 7) is 7.95. The van der Waals surface area contributed by atoms with Crippen LogP contribution < -0.4 is 5.69 Å². The number of fused-ring (bicyclic) bond motifs is 1. The van der Waals surface area contributed by atoms with E-state index in [1.807, 2.05) is 44.2 Å². The molecule has 0 saturated heterocycles. The molecule has 0 saturated carbocycles. The number of nitrogens with zero attached hydrogens (tertiary/aromatic N) is 3. The fraction of sp³-hybridized carbons (Fsp3) is 0.0952. The second-order valence-corrected chi connectivity index (χ2v) is 6.48. The number of allylic oxidation sites excluding steroid dienone is 1. The average Bonchev–Trinajstić information content (AvgIpc) is 3.06. The molecule has 134 valence electrons. The van der Waals surface area contributed by atoms with Crippen LogP contribution in [0, 0.1) is 12.7 Å². The monoisotopic (exact) mass is 360 g/mol. The summed E-state index contributed by atoms with van der Waals surface area (Å²) in [6, 6.07) is 12.8. The molecule has 6 heteroatoms. The van der Waals surface area contributed by atoms with Crippen molar-refractivity contribution < 1.29 is 4.39 Å². The molecule has 0 radical (unpaired) electrons. The van der Waals surface area contributed by atoms with Gasteiger partial charge in [-0.05, 0) is 37.1 Å². The van der Waals surface area contributed by atoms with Gasteiger partial charge in [-0.2, -0.15) is 9.78 Å². The molecule has 2 aromatic carbocycles. The van der Waals surface area contributed by atoms with Gasteiger partial charge in [0.2, 0.25) is 0 Å². The Morgan fingerprint density at radius 3 is 2.67 bits per heavy atom. The highest BCUT2D eigenvalue weighted by molar-refractivity contribution is 5.94. The topological polar surface area (TPSA) is 63.6 Å². The van der Waals surface area contributed by atoms with Gasteiger partial charge in [0.1, 0.15) is 12.0 Å². The zero-order valence-corrected chi connectivity index (χ0v) is 15.0. The van der Waals surface area contributed by atoms with Gasteiger partial charge in [0, 0.05) is 17.0 Å². The van der Waals surface area contributed by atoms with Crippen LogP contribution in [0.1, 0.15) is 18.1 Å². The fourth-order valence-electron chi connectivity index (χ4n) is 3.18. The van der Waals surface area contributed by atoms with E-state index in [1.165, 1.54) is 12.4 Å². The summed E-state index contributed by atoms with van der Waals surface area (Å²) in [5.41, 5.74) is 4.55. The van der Waals surface area contributed by atoms with Crippen LogP contribution in [-0.4, -0.2) is 19.7 Å². The first-order chi connectivity index (χ1) is 13.0. The predicted molar refractivity (Wildman–Crippen MR) is 104 cm³/mol. The molecule has 0 bridgehead atoms. The van der Waals surface area contributed by atoms with Crippen LogP contribution in [0.4, 0.5) is 4.39 Å². The summed E-state index contributed by atoms with van der Waals surface area (Å²) in [6.07, 6.45) is 1.23. The molecule has 1 N–H and O–H groups in total. The number of hydrogen-bond donors (Lipinski definition) is 1. The van der Waals surface area contributed by atoms with E-state index in [0.717, 1.165) is 32.6 Å². The third kappa shape index (κ3) is 2.85. The second-order valence-electron chi connectivity index (χ2n) is 6.48. The number of benzene rings is 2. The van der Waals surface area contributed by atoms with Crippen molar-refractivity contribution in [2.75, 3.05) is 0 Å². The van der Waals surface area contributed by atoms with Crippen LogP contribution >= 0.6 is 0 Å². The zero-order valence-electron chi connectivity index (χ0n) is 15.0. The van der Waals surface area contributed by atoms with E-state index >= 15 is 0 Å². The molecule has 0 aliphatic rings. The quantitative estimate of drug-likeness (QED) is 0.594. The van der Waals surface area contributed by atoms with E-state index in [4.69, 9.17) is 0 Å².